The van der Waals surface area contributed by atoms with Crippen LogP contribution < -0.4 is 4.74 Å². The first-order valence-electron chi connectivity index (χ1n) is 10.0. The molecule has 33 heavy (non-hydrogen) atoms. The number of esters is 1. The van der Waals surface area contributed by atoms with E-state index >= 15 is 0 Å². The molecule has 4 rings (SSSR count). The average molecular weight is 454 g/mol. The Hall–Kier alpha value is -4.08. The second-order valence-corrected chi connectivity index (χ2v) is 7.34. The van der Waals surface area contributed by atoms with Crippen molar-refractivity contribution in [2.75, 3.05) is 6.61 Å². The van der Waals surface area contributed by atoms with Gasteiger partial charge in [-0.2, -0.15) is 13.9 Å². The Morgan fingerprint density at radius 1 is 1.12 bits per heavy atom. The molecular weight excluding hydrogens is 434 g/mol. The highest BCUT2D eigenvalue weighted by Gasteiger charge is 2.22. The molecule has 0 amide bonds. The lowest BCUT2D eigenvalue weighted by atomic mass is 10.1. The van der Waals surface area contributed by atoms with E-state index in [0.29, 0.717) is 28.3 Å². The van der Waals surface area contributed by atoms with E-state index in [4.69, 9.17) is 4.74 Å². The van der Waals surface area contributed by atoms with E-state index in [1.165, 1.54) is 16.6 Å². The fraction of sp³-hybridized carbons (Fsp3) is 0.217. The molecule has 3 heterocycles. The van der Waals surface area contributed by atoms with Gasteiger partial charge in [0.05, 0.1) is 5.69 Å². The van der Waals surface area contributed by atoms with Crippen LogP contribution in [0.15, 0.2) is 48.8 Å². The first kappa shape index (κ1) is 22.1. The second kappa shape index (κ2) is 8.81. The number of hydrogen-bond donors (Lipinski definition) is 0. The normalized spacial score (nSPS) is 11.2. The van der Waals surface area contributed by atoms with Gasteiger partial charge >= 0.3 is 12.6 Å². The van der Waals surface area contributed by atoms with Crippen LogP contribution in [0.3, 0.4) is 0 Å². The molecule has 0 aliphatic carbocycles. The fourth-order valence-corrected chi connectivity index (χ4v) is 3.74. The van der Waals surface area contributed by atoms with Gasteiger partial charge in [-0.1, -0.05) is 0 Å². The Labute approximate surface area is 187 Å². The summed E-state index contributed by atoms with van der Waals surface area (Å²) in [5.41, 5.74) is 3.46. The molecule has 0 aliphatic heterocycles. The summed E-state index contributed by atoms with van der Waals surface area (Å²) < 4.78 is 37.7. The fourth-order valence-electron chi connectivity index (χ4n) is 3.74. The molecule has 170 valence electrons. The number of benzene rings is 1. The van der Waals surface area contributed by atoms with Gasteiger partial charge in [-0.25, -0.2) is 14.3 Å². The quantitative estimate of drug-likeness (QED) is 0.309. The van der Waals surface area contributed by atoms with E-state index in [1.807, 2.05) is 6.92 Å². The van der Waals surface area contributed by atoms with Crippen LogP contribution >= 0.6 is 0 Å². The Morgan fingerprint density at radius 2 is 1.85 bits per heavy atom. The molecule has 3 aromatic heterocycles. The number of fused-ring (bicyclic) bond motifs is 1. The number of alkyl halides is 2. The highest BCUT2D eigenvalue weighted by molar-refractivity contribution is 6.02. The van der Waals surface area contributed by atoms with Crippen molar-refractivity contribution < 1.29 is 27.8 Å². The van der Waals surface area contributed by atoms with Gasteiger partial charge in [-0.05, 0) is 57.2 Å². The Morgan fingerprint density at radius 3 is 2.55 bits per heavy atom. The van der Waals surface area contributed by atoms with Gasteiger partial charge in [0.15, 0.2) is 12.3 Å². The van der Waals surface area contributed by atoms with Gasteiger partial charge in [0.2, 0.25) is 5.78 Å². The highest BCUT2D eigenvalue weighted by Crippen LogP contribution is 2.24. The lowest BCUT2D eigenvalue weighted by Crippen LogP contribution is -2.15. The molecule has 0 saturated carbocycles. The van der Waals surface area contributed by atoms with Crippen molar-refractivity contribution in [1.29, 1.82) is 0 Å². The molecule has 0 bridgehead atoms. The molecule has 8 nitrogen and oxygen atoms in total. The molecule has 0 atom stereocenters. The van der Waals surface area contributed by atoms with Crippen molar-refractivity contribution in [3.8, 4) is 11.4 Å². The maximum absolute atomic E-state index is 12.8. The maximum atomic E-state index is 12.8. The van der Waals surface area contributed by atoms with E-state index in [-0.39, 0.29) is 17.1 Å². The van der Waals surface area contributed by atoms with Crippen LogP contribution in [-0.2, 0) is 4.74 Å². The molecule has 0 fully saturated rings. The minimum atomic E-state index is -2.90. The number of aromatic nitrogens is 4. The molecule has 0 unspecified atom stereocenters. The van der Waals surface area contributed by atoms with Crippen molar-refractivity contribution in [3.63, 3.8) is 0 Å². The predicted molar refractivity (Wildman–Crippen MR) is 114 cm³/mol. The number of carbonyl (C=O) groups excluding carboxylic acids is 2. The number of ketones is 1. The summed E-state index contributed by atoms with van der Waals surface area (Å²) in [6, 6.07) is 9.47. The standard InChI is InChI=1S/C23H20F2N4O4/c1-13-11-18(15(3)29(13)16-5-7-17(8-6-16)33-23(24)25)19(30)12-32-22(31)20-14(2)27-28-10-4-9-26-21(20)28/h4-11,23H,12H2,1-3H3. The summed E-state index contributed by atoms with van der Waals surface area (Å²) >= 11 is 0. The number of aryl methyl sites for hydroxylation is 2. The van der Waals surface area contributed by atoms with Crippen LogP contribution in [0.1, 0.15) is 37.8 Å². The highest BCUT2D eigenvalue weighted by atomic mass is 19.3. The van der Waals surface area contributed by atoms with Crippen molar-refractivity contribution in [1.82, 2.24) is 19.2 Å². The van der Waals surface area contributed by atoms with Gasteiger partial charge in [0, 0.05) is 35.0 Å². The van der Waals surface area contributed by atoms with Gasteiger partial charge < -0.3 is 14.0 Å². The van der Waals surface area contributed by atoms with E-state index in [9.17, 15) is 18.4 Å². The largest absolute Gasteiger partial charge is 0.454 e. The topological polar surface area (TPSA) is 87.7 Å². The maximum Gasteiger partial charge on any atom is 0.387 e. The van der Waals surface area contributed by atoms with Gasteiger partial charge in [0.1, 0.15) is 11.3 Å². The number of nitrogens with zero attached hydrogens (tertiary/aromatic N) is 4. The molecular formula is C23H20F2N4O4. The number of hydrogen-bond acceptors (Lipinski definition) is 6. The Kier molecular flexibility index (Phi) is 5.91. The minimum Gasteiger partial charge on any atom is -0.454 e. The molecule has 4 aromatic rings. The zero-order valence-electron chi connectivity index (χ0n) is 18.1. The number of ether oxygens (including phenoxy) is 2. The van der Waals surface area contributed by atoms with Crippen LogP contribution in [0.5, 0.6) is 5.75 Å². The van der Waals surface area contributed by atoms with Gasteiger partial charge in [0.25, 0.3) is 0 Å². The zero-order valence-corrected chi connectivity index (χ0v) is 18.1. The molecule has 0 radical (unpaired) electrons. The average Bonchev–Trinajstić information content (AvgIpc) is 3.27. The Balaban J connectivity index is 1.51. The van der Waals surface area contributed by atoms with E-state index in [2.05, 4.69) is 14.8 Å². The van der Waals surface area contributed by atoms with E-state index in [0.717, 1.165) is 5.69 Å². The van der Waals surface area contributed by atoms with E-state index in [1.54, 1.807) is 55.1 Å². The third kappa shape index (κ3) is 4.32. The summed E-state index contributed by atoms with van der Waals surface area (Å²) in [6.45, 7) is 1.88. The SMILES string of the molecule is Cc1nn2cccnc2c1C(=O)OCC(=O)c1cc(C)n(-c2ccc(OC(F)F)cc2)c1C. The van der Waals surface area contributed by atoms with E-state index < -0.39 is 19.2 Å². The molecule has 1 aromatic carbocycles. The molecule has 0 N–H and O–H groups in total. The van der Waals surface area contributed by atoms with Crippen LogP contribution in [0.4, 0.5) is 8.78 Å². The Bertz CT molecular complexity index is 1340. The summed E-state index contributed by atoms with van der Waals surface area (Å²) in [5, 5.41) is 4.22. The van der Waals surface area contributed by atoms with Gasteiger partial charge in [-0.3, -0.25) is 4.79 Å². The number of rotatable bonds is 7. The lowest BCUT2D eigenvalue weighted by Gasteiger charge is -2.11. The van der Waals surface area contributed by atoms with Crippen LogP contribution in [0, 0.1) is 20.8 Å². The van der Waals surface area contributed by atoms with Crippen LogP contribution in [0.2, 0.25) is 0 Å². The number of halogens is 2. The summed E-state index contributed by atoms with van der Waals surface area (Å²) in [5.74, 6) is -1.02. The van der Waals surface area contributed by atoms with Crippen LogP contribution in [-0.4, -0.2) is 44.1 Å². The number of Topliss-reactive ketones (excluding diaryl/α,β-unsaturated/α-hetero) is 1. The van der Waals surface area contributed by atoms with Gasteiger partial charge in [-0.15, -0.1) is 0 Å². The number of carbonyl (C=O) groups is 2. The predicted octanol–water partition coefficient (Wildman–Crippen LogP) is 4.09. The van der Waals surface area contributed by atoms with Crippen LogP contribution in [0.25, 0.3) is 11.3 Å². The van der Waals surface area contributed by atoms with Crippen molar-refractivity contribution in [3.05, 3.63) is 77.0 Å². The smallest absolute Gasteiger partial charge is 0.387 e. The molecule has 0 spiro atoms. The molecule has 0 aliphatic rings. The third-order valence-electron chi connectivity index (χ3n) is 5.16. The molecule has 10 heteroatoms. The summed E-state index contributed by atoms with van der Waals surface area (Å²) in [4.78, 5) is 29.6. The van der Waals surface area contributed by atoms with Crippen molar-refractivity contribution in [2.45, 2.75) is 27.4 Å². The third-order valence-corrected chi connectivity index (χ3v) is 5.16. The summed E-state index contributed by atoms with van der Waals surface area (Å²) in [6.07, 6.45) is 3.21. The monoisotopic (exact) mass is 454 g/mol. The van der Waals surface area contributed by atoms with Crippen molar-refractivity contribution in [2.24, 2.45) is 0 Å². The molecule has 0 saturated heterocycles. The second-order valence-electron chi connectivity index (χ2n) is 7.34. The van der Waals surface area contributed by atoms with Crippen molar-refractivity contribution >= 4 is 17.4 Å². The first-order chi connectivity index (χ1) is 15.8. The minimum absolute atomic E-state index is 0.0388. The zero-order chi connectivity index (χ0) is 23.7. The summed E-state index contributed by atoms with van der Waals surface area (Å²) in [7, 11) is 0. The first-order valence-corrected chi connectivity index (χ1v) is 10.0. The lowest BCUT2D eigenvalue weighted by molar-refractivity contribution is -0.0498.